The predicted octanol–water partition coefficient (Wildman–Crippen LogP) is 4.15. The average molecular weight is 455 g/mol. The van der Waals surface area contributed by atoms with Crippen LogP contribution in [0, 0.1) is 5.82 Å². The van der Waals surface area contributed by atoms with E-state index >= 15 is 0 Å². The largest absolute Gasteiger partial charge is 0.352 e. The minimum atomic E-state index is -4.22. The standard InChI is InChI=1S/C25H27FN2O3S/c1-20(16-17-21-10-4-2-5-11-21)27-25(29)19-28(18-22-12-6-3-7-13-22)32(30,31)24-15-9-8-14-23(24)26/h2-15,20H,16-19H2,1H3,(H,27,29)/t20-/m0/s1. The Morgan fingerprint density at radius 1 is 0.906 bits per heavy atom. The molecule has 5 nitrogen and oxygen atoms in total. The number of nitrogens with zero attached hydrogens (tertiary/aromatic N) is 1. The van der Waals surface area contributed by atoms with Crippen LogP contribution in [0.15, 0.2) is 89.8 Å². The first-order valence-electron chi connectivity index (χ1n) is 10.5. The molecule has 3 rings (SSSR count). The van der Waals surface area contributed by atoms with Crippen molar-refractivity contribution in [1.82, 2.24) is 9.62 Å². The van der Waals surface area contributed by atoms with E-state index in [1.165, 1.54) is 23.8 Å². The topological polar surface area (TPSA) is 66.5 Å². The zero-order chi connectivity index (χ0) is 23.0. The molecule has 0 aliphatic carbocycles. The molecule has 0 radical (unpaired) electrons. The van der Waals surface area contributed by atoms with Crippen LogP contribution in [0.4, 0.5) is 4.39 Å². The maximum Gasteiger partial charge on any atom is 0.246 e. The van der Waals surface area contributed by atoms with Gasteiger partial charge in [-0.25, -0.2) is 12.8 Å². The van der Waals surface area contributed by atoms with E-state index in [-0.39, 0.29) is 12.6 Å². The lowest BCUT2D eigenvalue weighted by atomic mass is 10.1. The van der Waals surface area contributed by atoms with Crippen molar-refractivity contribution in [3.8, 4) is 0 Å². The summed E-state index contributed by atoms with van der Waals surface area (Å²) in [6, 6.07) is 23.9. The van der Waals surface area contributed by atoms with E-state index in [2.05, 4.69) is 5.32 Å². The molecule has 3 aromatic rings. The maximum atomic E-state index is 14.3. The fraction of sp³-hybridized carbons (Fsp3) is 0.240. The van der Waals surface area contributed by atoms with Crippen LogP contribution in [0.3, 0.4) is 0 Å². The van der Waals surface area contributed by atoms with Crippen LogP contribution >= 0.6 is 0 Å². The van der Waals surface area contributed by atoms with Gasteiger partial charge in [0.05, 0.1) is 6.54 Å². The number of hydrogen-bond acceptors (Lipinski definition) is 3. The zero-order valence-corrected chi connectivity index (χ0v) is 18.8. The number of nitrogens with one attached hydrogen (secondary N) is 1. The monoisotopic (exact) mass is 454 g/mol. The summed E-state index contributed by atoms with van der Waals surface area (Å²) < 4.78 is 41.7. The normalized spacial score (nSPS) is 12.5. The van der Waals surface area contributed by atoms with Gasteiger partial charge in [-0.1, -0.05) is 72.8 Å². The molecule has 7 heteroatoms. The second-order valence-electron chi connectivity index (χ2n) is 7.68. The molecule has 0 aliphatic rings. The van der Waals surface area contributed by atoms with E-state index in [1.807, 2.05) is 43.3 Å². The third-order valence-corrected chi connectivity index (χ3v) is 6.92. The number of hydrogen-bond donors (Lipinski definition) is 1. The number of benzene rings is 3. The summed E-state index contributed by atoms with van der Waals surface area (Å²) in [6.45, 7) is 1.44. The van der Waals surface area contributed by atoms with Crippen molar-refractivity contribution in [1.29, 1.82) is 0 Å². The SMILES string of the molecule is C[C@@H](CCc1ccccc1)NC(=O)CN(Cc1ccccc1)S(=O)(=O)c1ccccc1F. The summed E-state index contributed by atoms with van der Waals surface area (Å²) in [6.07, 6.45) is 1.51. The first kappa shape index (κ1) is 23.6. The maximum absolute atomic E-state index is 14.3. The average Bonchev–Trinajstić information content (AvgIpc) is 2.79. The Bertz CT molecular complexity index is 1120. The van der Waals surface area contributed by atoms with Crippen molar-refractivity contribution in [3.63, 3.8) is 0 Å². The van der Waals surface area contributed by atoms with E-state index in [9.17, 15) is 17.6 Å². The van der Waals surface area contributed by atoms with Gasteiger partial charge in [-0.05, 0) is 43.0 Å². The number of sulfonamides is 1. The number of amides is 1. The second kappa shape index (κ2) is 11.0. The van der Waals surface area contributed by atoms with Gasteiger partial charge in [-0.2, -0.15) is 4.31 Å². The minimum absolute atomic E-state index is 0.0384. The molecule has 32 heavy (non-hydrogen) atoms. The molecule has 0 unspecified atom stereocenters. The van der Waals surface area contributed by atoms with Crippen LogP contribution in [0.5, 0.6) is 0 Å². The Kier molecular flexibility index (Phi) is 8.14. The number of carbonyl (C=O) groups is 1. The van der Waals surface area contributed by atoms with E-state index in [0.29, 0.717) is 12.0 Å². The Hall–Kier alpha value is -3.03. The van der Waals surface area contributed by atoms with E-state index in [4.69, 9.17) is 0 Å². The lowest BCUT2D eigenvalue weighted by molar-refractivity contribution is -0.122. The molecule has 0 spiro atoms. The van der Waals surface area contributed by atoms with Crippen molar-refractivity contribution in [3.05, 3.63) is 102 Å². The fourth-order valence-corrected chi connectivity index (χ4v) is 4.84. The predicted molar refractivity (Wildman–Crippen MR) is 123 cm³/mol. The van der Waals surface area contributed by atoms with Gasteiger partial charge >= 0.3 is 0 Å². The molecule has 1 amide bonds. The Labute approximate surface area is 188 Å². The zero-order valence-electron chi connectivity index (χ0n) is 17.9. The van der Waals surface area contributed by atoms with Crippen molar-refractivity contribution in [2.75, 3.05) is 6.54 Å². The Balaban J connectivity index is 1.72. The third kappa shape index (κ3) is 6.48. The van der Waals surface area contributed by atoms with Crippen molar-refractivity contribution < 1.29 is 17.6 Å². The van der Waals surface area contributed by atoms with Gasteiger partial charge in [0.2, 0.25) is 15.9 Å². The van der Waals surface area contributed by atoms with Gasteiger partial charge in [0.25, 0.3) is 0 Å². The van der Waals surface area contributed by atoms with Crippen LogP contribution in [0.1, 0.15) is 24.5 Å². The molecule has 1 N–H and O–H groups in total. The van der Waals surface area contributed by atoms with Crippen LogP contribution in [0.25, 0.3) is 0 Å². The van der Waals surface area contributed by atoms with Crippen molar-refractivity contribution in [2.45, 2.75) is 37.2 Å². The quantitative estimate of drug-likeness (QED) is 0.500. The second-order valence-corrected chi connectivity index (χ2v) is 9.59. The van der Waals surface area contributed by atoms with Crippen LogP contribution < -0.4 is 5.32 Å². The number of carbonyl (C=O) groups excluding carboxylic acids is 1. The van der Waals surface area contributed by atoms with Crippen LogP contribution in [-0.4, -0.2) is 31.2 Å². The van der Waals surface area contributed by atoms with Crippen molar-refractivity contribution in [2.24, 2.45) is 0 Å². The summed E-state index contributed by atoms with van der Waals surface area (Å²) in [5, 5.41) is 2.87. The van der Waals surface area contributed by atoms with Gasteiger partial charge in [-0.15, -0.1) is 0 Å². The van der Waals surface area contributed by atoms with Gasteiger partial charge in [0.1, 0.15) is 10.7 Å². The molecule has 0 saturated heterocycles. The first-order chi connectivity index (χ1) is 15.4. The van der Waals surface area contributed by atoms with Crippen LogP contribution in [0.2, 0.25) is 0 Å². The first-order valence-corrected chi connectivity index (χ1v) is 11.9. The van der Waals surface area contributed by atoms with E-state index in [0.717, 1.165) is 16.8 Å². The van der Waals surface area contributed by atoms with Gasteiger partial charge in [0, 0.05) is 12.6 Å². The number of halogens is 1. The Morgan fingerprint density at radius 2 is 1.47 bits per heavy atom. The summed E-state index contributed by atoms with van der Waals surface area (Å²) >= 11 is 0. The highest BCUT2D eigenvalue weighted by atomic mass is 32.2. The highest BCUT2D eigenvalue weighted by Crippen LogP contribution is 2.21. The smallest absolute Gasteiger partial charge is 0.246 e. The molecular weight excluding hydrogens is 427 g/mol. The highest BCUT2D eigenvalue weighted by Gasteiger charge is 2.29. The highest BCUT2D eigenvalue weighted by molar-refractivity contribution is 7.89. The molecule has 3 aromatic carbocycles. The lowest BCUT2D eigenvalue weighted by Crippen LogP contribution is -2.43. The molecule has 0 aliphatic heterocycles. The molecule has 168 valence electrons. The third-order valence-electron chi connectivity index (χ3n) is 5.09. The number of rotatable bonds is 10. The van der Waals surface area contributed by atoms with Crippen LogP contribution in [-0.2, 0) is 27.8 Å². The molecule has 0 aromatic heterocycles. The number of aryl methyl sites for hydroxylation is 1. The molecule has 0 heterocycles. The van der Waals surface area contributed by atoms with E-state index in [1.54, 1.807) is 24.3 Å². The summed E-state index contributed by atoms with van der Waals surface area (Å²) in [5.74, 6) is -1.27. The summed E-state index contributed by atoms with van der Waals surface area (Å²) in [5.41, 5.74) is 1.87. The Morgan fingerprint density at radius 3 is 2.09 bits per heavy atom. The molecule has 1 atom stereocenters. The van der Waals surface area contributed by atoms with Gasteiger partial charge < -0.3 is 5.32 Å². The summed E-state index contributed by atoms with van der Waals surface area (Å²) in [4.78, 5) is 12.3. The fourth-order valence-electron chi connectivity index (χ4n) is 3.39. The van der Waals surface area contributed by atoms with Gasteiger partial charge in [0.15, 0.2) is 0 Å². The molecule has 0 saturated carbocycles. The molecule has 0 bridgehead atoms. The molecular formula is C25H27FN2O3S. The summed E-state index contributed by atoms with van der Waals surface area (Å²) in [7, 11) is -4.22. The van der Waals surface area contributed by atoms with Crippen molar-refractivity contribution >= 4 is 15.9 Å². The van der Waals surface area contributed by atoms with Gasteiger partial charge in [-0.3, -0.25) is 4.79 Å². The molecule has 0 fully saturated rings. The lowest BCUT2D eigenvalue weighted by Gasteiger charge is -2.23. The minimum Gasteiger partial charge on any atom is -0.352 e. The van der Waals surface area contributed by atoms with E-state index < -0.39 is 33.2 Å².